The molecule has 1 aromatic carbocycles. The molecule has 0 spiro atoms. The summed E-state index contributed by atoms with van der Waals surface area (Å²) in [5.74, 6) is 0. The van der Waals surface area contributed by atoms with E-state index < -0.39 is 0 Å². The monoisotopic (exact) mass is 227 g/mol. The average molecular weight is 228 g/mol. The Balaban J connectivity index is 2.28. The smallest absolute Gasteiger partial charge is 0.152 e. The van der Waals surface area contributed by atoms with Gasteiger partial charge in [-0.25, -0.2) is 9.67 Å². The second kappa shape index (κ2) is 3.98. The summed E-state index contributed by atoms with van der Waals surface area (Å²) in [4.78, 5) is 3.83. The van der Waals surface area contributed by atoms with Crippen LogP contribution in [0.4, 0.5) is 0 Å². The largest absolute Gasteiger partial charge is 0.230 e. The molecule has 0 aliphatic rings. The van der Waals surface area contributed by atoms with Crippen LogP contribution in [0.2, 0.25) is 5.02 Å². The maximum absolute atomic E-state index is 6.14. The lowest BCUT2D eigenvalue weighted by molar-refractivity contribution is 0.660. The van der Waals surface area contributed by atoms with Gasteiger partial charge in [0.1, 0.15) is 12.7 Å². The molecule has 72 valence electrons. The van der Waals surface area contributed by atoms with Crippen LogP contribution >= 0.6 is 23.2 Å². The van der Waals surface area contributed by atoms with Crippen molar-refractivity contribution in [2.24, 2.45) is 0 Å². The third kappa shape index (κ3) is 1.89. The lowest BCUT2D eigenvalue weighted by atomic mass is 10.2. The molecule has 1 heterocycles. The van der Waals surface area contributed by atoms with Gasteiger partial charge in [0.15, 0.2) is 5.50 Å². The fourth-order valence-corrected chi connectivity index (χ4v) is 1.48. The number of hydrogen-bond acceptors (Lipinski definition) is 2. The van der Waals surface area contributed by atoms with Crippen LogP contribution in [0.15, 0.2) is 36.9 Å². The van der Waals surface area contributed by atoms with Gasteiger partial charge in [0.25, 0.3) is 0 Å². The first-order chi connectivity index (χ1) is 6.77. The van der Waals surface area contributed by atoms with E-state index in [4.69, 9.17) is 23.2 Å². The van der Waals surface area contributed by atoms with Crippen molar-refractivity contribution in [1.29, 1.82) is 0 Å². The van der Waals surface area contributed by atoms with Crippen molar-refractivity contribution in [3.63, 3.8) is 0 Å². The van der Waals surface area contributed by atoms with Crippen LogP contribution in [0, 0.1) is 0 Å². The van der Waals surface area contributed by atoms with Crippen molar-refractivity contribution < 1.29 is 0 Å². The zero-order valence-corrected chi connectivity index (χ0v) is 8.65. The summed E-state index contributed by atoms with van der Waals surface area (Å²) in [7, 11) is 0. The molecular weight excluding hydrogens is 221 g/mol. The van der Waals surface area contributed by atoms with Crippen molar-refractivity contribution >= 4 is 23.2 Å². The van der Waals surface area contributed by atoms with E-state index in [9.17, 15) is 0 Å². The number of nitrogens with zero attached hydrogens (tertiary/aromatic N) is 3. The van der Waals surface area contributed by atoms with Crippen LogP contribution in [0.1, 0.15) is 11.1 Å². The molecule has 1 atom stereocenters. The molecule has 0 amide bonds. The van der Waals surface area contributed by atoms with Crippen molar-refractivity contribution in [3.05, 3.63) is 47.5 Å². The first kappa shape index (κ1) is 9.49. The lowest BCUT2D eigenvalue weighted by Crippen LogP contribution is -2.04. The van der Waals surface area contributed by atoms with Crippen LogP contribution in [-0.4, -0.2) is 14.8 Å². The highest BCUT2D eigenvalue weighted by molar-refractivity contribution is 6.30. The van der Waals surface area contributed by atoms with Crippen LogP contribution in [0.5, 0.6) is 0 Å². The predicted molar refractivity (Wildman–Crippen MR) is 55.5 cm³/mol. The van der Waals surface area contributed by atoms with Gasteiger partial charge in [-0.05, 0) is 17.7 Å². The zero-order chi connectivity index (χ0) is 9.97. The van der Waals surface area contributed by atoms with Crippen molar-refractivity contribution in [2.75, 3.05) is 0 Å². The second-order valence-corrected chi connectivity index (χ2v) is 3.61. The number of rotatable bonds is 2. The number of hydrogen-bond donors (Lipinski definition) is 0. The molecule has 0 saturated heterocycles. The highest BCUT2D eigenvalue weighted by atomic mass is 35.5. The Kier molecular flexibility index (Phi) is 2.70. The Bertz CT molecular complexity index is 397. The molecule has 0 fully saturated rings. The van der Waals surface area contributed by atoms with E-state index in [1.807, 2.05) is 12.1 Å². The van der Waals surface area contributed by atoms with E-state index in [0.29, 0.717) is 5.02 Å². The molecule has 14 heavy (non-hydrogen) atoms. The molecule has 0 saturated carbocycles. The fourth-order valence-electron chi connectivity index (χ4n) is 1.11. The lowest BCUT2D eigenvalue weighted by Gasteiger charge is -2.08. The molecule has 0 aliphatic heterocycles. The van der Waals surface area contributed by atoms with E-state index in [0.717, 1.165) is 5.56 Å². The number of halogens is 2. The summed E-state index contributed by atoms with van der Waals surface area (Å²) >= 11 is 11.9. The first-order valence-corrected chi connectivity index (χ1v) is 4.82. The van der Waals surface area contributed by atoms with Gasteiger partial charge >= 0.3 is 0 Å². The summed E-state index contributed by atoms with van der Waals surface area (Å²) < 4.78 is 1.57. The van der Waals surface area contributed by atoms with Crippen LogP contribution in [-0.2, 0) is 0 Å². The number of alkyl halides is 1. The summed E-state index contributed by atoms with van der Waals surface area (Å²) in [5, 5.41) is 4.65. The first-order valence-electron chi connectivity index (χ1n) is 4.01. The quantitative estimate of drug-likeness (QED) is 0.740. The normalized spacial score (nSPS) is 12.7. The van der Waals surface area contributed by atoms with Gasteiger partial charge in [-0.1, -0.05) is 35.3 Å². The maximum Gasteiger partial charge on any atom is 0.152 e. The van der Waals surface area contributed by atoms with Crippen LogP contribution in [0.3, 0.4) is 0 Å². The highest BCUT2D eigenvalue weighted by Gasteiger charge is 2.09. The van der Waals surface area contributed by atoms with Gasteiger partial charge in [-0.2, -0.15) is 5.10 Å². The fraction of sp³-hybridized carbons (Fsp3) is 0.111. The van der Waals surface area contributed by atoms with Gasteiger partial charge in [-0.15, -0.1) is 0 Å². The Morgan fingerprint density at radius 3 is 2.50 bits per heavy atom. The molecule has 2 rings (SSSR count). The minimum atomic E-state index is -0.338. The molecular formula is C9H7Cl2N3. The highest BCUT2D eigenvalue weighted by Crippen LogP contribution is 2.22. The standard InChI is InChI=1S/C9H7Cl2N3/c10-8-3-1-7(2-4-8)9(11)14-6-12-5-13-14/h1-6,9H. The minimum Gasteiger partial charge on any atom is -0.230 e. The zero-order valence-electron chi connectivity index (χ0n) is 7.14. The van der Waals surface area contributed by atoms with Gasteiger partial charge < -0.3 is 0 Å². The summed E-state index contributed by atoms with van der Waals surface area (Å²) in [6.07, 6.45) is 3.03. The SMILES string of the molecule is Clc1ccc(C(Cl)n2cncn2)cc1. The molecule has 3 nitrogen and oxygen atoms in total. The topological polar surface area (TPSA) is 30.7 Å². The third-order valence-electron chi connectivity index (χ3n) is 1.81. The molecule has 0 N–H and O–H groups in total. The molecule has 0 bridgehead atoms. The summed E-state index contributed by atoms with van der Waals surface area (Å²) in [6, 6.07) is 7.32. The van der Waals surface area contributed by atoms with Gasteiger partial charge in [0.2, 0.25) is 0 Å². The van der Waals surface area contributed by atoms with E-state index in [2.05, 4.69) is 10.1 Å². The van der Waals surface area contributed by atoms with Crippen molar-refractivity contribution in [1.82, 2.24) is 14.8 Å². The molecule has 0 radical (unpaired) electrons. The van der Waals surface area contributed by atoms with E-state index in [-0.39, 0.29) is 5.50 Å². The number of benzene rings is 1. The van der Waals surface area contributed by atoms with Crippen molar-refractivity contribution in [3.8, 4) is 0 Å². The Hall–Kier alpha value is -1.06. The van der Waals surface area contributed by atoms with E-state index in [1.54, 1.807) is 23.1 Å². The third-order valence-corrected chi connectivity index (χ3v) is 2.52. The Labute approximate surface area is 91.3 Å². The molecule has 1 unspecified atom stereocenters. The molecule has 5 heteroatoms. The van der Waals surface area contributed by atoms with Gasteiger partial charge in [-0.3, -0.25) is 0 Å². The van der Waals surface area contributed by atoms with E-state index >= 15 is 0 Å². The summed E-state index contributed by atoms with van der Waals surface area (Å²) in [6.45, 7) is 0. The molecule has 2 aromatic rings. The van der Waals surface area contributed by atoms with Crippen LogP contribution < -0.4 is 0 Å². The van der Waals surface area contributed by atoms with Crippen molar-refractivity contribution in [2.45, 2.75) is 5.50 Å². The maximum atomic E-state index is 6.14. The minimum absolute atomic E-state index is 0.338. The van der Waals surface area contributed by atoms with Gasteiger partial charge in [0.05, 0.1) is 0 Å². The second-order valence-electron chi connectivity index (χ2n) is 2.76. The molecule has 0 aliphatic carbocycles. The Morgan fingerprint density at radius 1 is 1.21 bits per heavy atom. The van der Waals surface area contributed by atoms with E-state index in [1.165, 1.54) is 6.33 Å². The predicted octanol–water partition coefficient (Wildman–Crippen LogP) is 2.72. The average Bonchev–Trinajstić information content (AvgIpc) is 2.71. The number of aromatic nitrogens is 3. The summed E-state index contributed by atoms with van der Waals surface area (Å²) in [5.41, 5.74) is 0.594. The molecule has 1 aromatic heterocycles. The Morgan fingerprint density at radius 2 is 1.93 bits per heavy atom. The van der Waals surface area contributed by atoms with Gasteiger partial charge in [0, 0.05) is 5.02 Å². The van der Waals surface area contributed by atoms with Crippen LogP contribution in [0.25, 0.3) is 0 Å².